The number of hydrogen-bond acceptors (Lipinski definition) is 13. The van der Waals surface area contributed by atoms with E-state index < -0.39 is 49.9 Å². The van der Waals surface area contributed by atoms with Gasteiger partial charge in [-0.05, 0) is 68.7 Å². The molecule has 1 aliphatic heterocycles. The highest BCUT2D eigenvalue weighted by Crippen LogP contribution is 2.51. The third-order valence-corrected chi connectivity index (χ3v) is 14.7. The van der Waals surface area contributed by atoms with Crippen molar-refractivity contribution in [1.82, 2.24) is 14.2 Å². The van der Waals surface area contributed by atoms with Gasteiger partial charge in [0.15, 0.2) is 6.23 Å². The Hall–Kier alpha value is -3.68. The molecule has 2 heterocycles. The molecule has 0 saturated carbocycles. The van der Waals surface area contributed by atoms with Crippen LogP contribution in [-0.4, -0.2) is 82.7 Å². The molecule has 1 aromatic heterocycles. The summed E-state index contributed by atoms with van der Waals surface area (Å²) < 4.78 is 49.0. The normalized spacial score (nSPS) is 18.9. The molecule has 16 heteroatoms. The minimum absolute atomic E-state index is 0.00168. The quantitative estimate of drug-likeness (QED) is 0.0280. The zero-order valence-corrected chi connectivity index (χ0v) is 38.3. The summed E-state index contributed by atoms with van der Waals surface area (Å²) >= 11 is 0. The molecule has 13 nitrogen and oxygen atoms in total. The maximum absolute atomic E-state index is 13.5. The van der Waals surface area contributed by atoms with E-state index in [-0.39, 0.29) is 42.4 Å². The molecule has 0 spiro atoms. The summed E-state index contributed by atoms with van der Waals surface area (Å²) in [5.74, 6) is 1.60. The highest BCUT2D eigenvalue weighted by Gasteiger charge is 2.51. The highest BCUT2D eigenvalue weighted by atomic mass is 33.1. The van der Waals surface area contributed by atoms with Gasteiger partial charge in [-0.2, -0.15) is 5.26 Å². The van der Waals surface area contributed by atoms with Crippen molar-refractivity contribution in [2.75, 3.05) is 33.4 Å². The van der Waals surface area contributed by atoms with E-state index in [2.05, 4.69) is 64.2 Å². The standard InChI is InChI=1S/C44H57N4O9PS2/c1-30(2)48(31(3)4)58(55-27-13-25-45)57-39-37(56-41(47-26-24-38(49)46-42(47)50)40(39)53-29-59-60-43(5,6)7)28-54-44(32-14-11-10-12-15-32,33-16-20-35(51-8)21-17-33)34-18-22-36(52-9)23-19-34/h10-12,14-24,26,30-31,37,39-41H,13,27-29H2,1-9H3,(H,46,49,50)/t37-,39-,40-,41-,58?/m1/s1. The number of hydrogen-bond donors (Lipinski definition) is 1. The van der Waals surface area contributed by atoms with Gasteiger partial charge in [0, 0.05) is 29.1 Å². The third kappa shape index (κ3) is 11.8. The Balaban J connectivity index is 1.67. The minimum Gasteiger partial charge on any atom is -0.497 e. The van der Waals surface area contributed by atoms with Crippen LogP contribution in [0.15, 0.2) is 101 Å². The lowest BCUT2D eigenvalue weighted by molar-refractivity contribution is -0.0961. The topological polar surface area (TPSA) is 147 Å². The van der Waals surface area contributed by atoms with Crippen LogP contribution in [0.5, 0.6) is 11.5 Å². The first-order valence-electron chi connectivity index (χ1n) is 19.8. The van der Waals surface area contributed by atoms with Crippen molar-refractivity contribution in [2.45, 2.75) is 102 Å². The molecule has 4 aromatic rings. The number of aromatic nitrogens is 2. The highest BCUT2D eigenvalue weighted by molar-refractivity contribution is 8.77. The van der Waals surface area contributed by atoms with Gasteiger partial charge >= 0.3 is 5.69 Å². The van der Waals surface area contributed by atoms with E-state index in [9.17, 15) is 14.9 Å². The second-order valence-corrected chi connectivity index (χ2v) is 20.1. The molecule has 0 amide bonds. The van der Waals surface area contributed by atoms with E-state index in [4.69, 9.17) is 32.7 Å². The summed E-state index contributed by atoms with van der Waals surface area (Å²) in [6, 6.07) is 28.8. The Kier molecular flexibility index (Phi) is 17.3. The first-order chi connectivity index (χ1) is 28.7. The minimum atomic E-state index is -1.82. The molecule has 3 aromatic carbocycles. The van der Waals surface area contributed by atoms with Crippen molar-refractivity contribution < 1.29 is 32.7 Å². The van der Waals surface area contributed by atoms with Crippen molar-refractivity contribution in [2.24, 2.45) is 0 Å². The van der Waals surface area contributed by atoms with Crippen LogP contribution >= 0.6 is 30.1 Å². The molecule has 0 radical (unpaired) electrons. The van der Waals surface area contributed by atoms with Crippen LogP contribution in [0.1, 0.15) is 77.8 Å². The zero-order chi connectivity index (χ0) is 43.5. The lowest BCUT2D eigenvalue weighted by atomic mass is 9.80. The molecule has 1 fully saturated rings. The number of nitrogens with one attached hydrogen (secondary N) is 1. The van der Waals surface area contributed by atoms with Crippen molar-refractivity contribution in [1.29, 1.82) is 5.26 Å². The van der Waals surface area contributed by atoms with Gasteiger partial charge in [0.2, 0.25) is 0 Å². The second kappa shape index (κ2) is 21.9. The van der Waals surface area contributed by atoms with Gasteiger partial charge in [-0.1, -0.05) is 97.0 Å². The molecular formula is C44H57N4O9PS2. The second-order valence-electron chi connectivity index (χ2n) is 15.6. The molecule has 1 saturated heterocycles. The number of ether oxygens (including phenoxy) is 5. The average molecular weight is 881 g/mol. The van der Waals surface area contributed by atoms with Crippen molar-refractivity contribution >= 4 is 30.1 Å². The van der Waals surface area contributed by atoms with E-state index in [1.807, 2.05) is 78.9 Å². The molecule has 0 aliphatic carbocycles. The van der Waals surface area contributed by atoms with Gasteiger partial charge in [-0.25, -0.2) is 9.46 Å². The maximum atomic E-state index is 13.5. The maximum Gasteiger partial charge on any atom is 0.330 e. The molecule has 5 atom stereocenters. The molecule has 60 heavy (non-hydrogen) atoms. The number of nitriles is 1. The Labute approximate surface area is 362 Å². The number of methoxy groups -OCH3 is 2. The van der Waals surface area contributed by atoms with Gasteiger partial charge in [0.25, 0.3) is 14.1 Å². The predicted molar refractivity (Wildman–Crippen MR) is 238 cm³/mol. The van der Waals surface area contributed by atoms with Gasteiger partial charge in [0.05, 0.1) is 39.9 Å². The molecule has 1 N–H and O–H groups in total. The van der Waals surface area contributed by atoms with Crippen LogP contribution in [0.4, 0.5) is 0 Å². The molecule has 324 valence electrons. The lowest BCUT2D eigenvalue weighted by Crippen LogP contribution is -2.43. The Morgan fingerprint density at radius 1 is 0.867 bits per heavy atom. The molecule has 1 unspecified atom stereocenters. The number of rotatable bonds is 21. The average Bonchev–Trinajstić information content (AvgIpc) is 3.55. The van der Waals surface area contributed by atoms with Gasteiger partial charge in [-0.15, -0.1) is 0 Å². The van der Waals surface area contributed by atoms with Gasteiger partial charge in [0.1, 0.15) is 41.4 Å². The fourth-order valence-corrected chi connectivity index (χ4v) is 10.7. The van der Waals surface area contributed by atoms with Crippen LogP contribution in [0, 0.1) is 11.3 Å². The molecule has 0 bridgehead atoms. The number of nitrogens with zero attached hydrogens (tertiary/aromatic N) is 3. The summed E-state index contributed by atoms with van der Waals surface area (Å²) in [7, 11) is 4.63. The summed E-state index contributed by atoms with van der Waals surface area (Å²) in [6.07, 6.45) is -2.08. The van der Waals surface area contributed by atoms with Crippen LogP contribution in [0.25, 0.3) is 0 Å². The Morgan fingerprint density at radius 2 is 1.45 bits per heavy atom. The summed E-state index contributed by atoms with van der Waals surface area (Å²) in [4.78, 5) is 28.2. The van der Waals surface area contributed by atoms with Crippen molar-refractivity contribution in [3.63, 3.8) is 0 Å². The SMILES string of the molecule is COc1ccc(C(OC[C@H]2O[C@@H](n3ccc(=O)[nH]c3=O)[C@H](OCSSC(C)(C)C)[C@@H]2OP(OCCC#N)N(C(C)C)C(C)C)(c2ccccc2)c2ccc(OC)cc2)cc1. The summed E-state index contributed by atoms with van der Waals surface area (Å²) in [6.45, 7) is 14.7. The fraction of sp³-hybridized carbons (Fsp3) is 0.477. The monoisotopic (exact) mass is 880 g/mol. The fourth-order valence-electron chi connectivity index (χ4n) is 6.99. The smallest absolute Gasteiger partial charge is 0.330 e. The Bertz CT molecular complexity index is 2040. The van der Waals surface area contributed by atoms with Crippen LogP contribution in [0.3, 0.4) is 0 Å². The molecular weight excluding hydrogens is 824 g/mol. The number of H-pyrrole nitrogens is 1. The lowest BCUT2D eigenvalue weighted by Gasteiger charge is -2.39. The Morgan fingerprint density at radius 3 is 1.97 bits per heavy atom. The largest absolute Gasteiger partial charge is 0.497 e. The number of aromatic amines is 1. The summed E-state index contributed by atoms with van der Waals surface area (Å²) in [5.41, 5.74) is 0.0838. The van der Waals surface area contributed by atoms with E-state index in [1.54, 1.807) is 25.0 Å². The van der Waals surface area contributed by atoms with E-state index in [1.165, 1.54) is 27.6 Å². The van der Waals surface area contributed by atoms with Crippen molar-refractivity contribution in [3.05, 3.63) is 129 Å². The van der Waals surface area contributed by atoms with Crippen LogP contribution < -0.4 is 20.7 Å². The van der Waals surface area contributed by atoms with Crippen molar-refractivity contribution in [3.8, 4) is 17.6 Å². The van der Waals surface area contributed by atoms with E-state index in [0.29, 0.717) is 11.5 Å². The molecule has 1 aliphatic rings. The first kappa shape index (κ1) is 47.4. The first-order valence-corrected chi connectivity index (χ1v) is 23.3. The van der Waals surface area contributed by atoms with Crippen LogP contribution in [-0.2, 0) is 28.9 Å². The predicted octanol–water partition coefficient (Wildman–Crippen LogP) is 8.64. The summed E-state index contributed by atoms with van der Waals surface area (Å²) in [5, 5.41) is 9.47. The van der Waals surface area contributed by atoms with E-state index >= 15 is 0 Å². The number of benzene rings is 3. The third-order valence-electron chi connectivity index (χ3n) is 9.54. The van der Waals surface area contributed by atoms with E-state index in [0.717, 1.165) is 16.7 Å². The molecule has 5 rings (SSSR count). The zero-order valence-electron chi connectivity index (χ0n) is 35.7. The van der Waals surface area contributed by atoms with Gasteiger partial charge < -0.3 is 32.7 Å². The van der Waals surface area contributed by atoms with Gasteiger partial charge in [-0.3, -0.25) is 14.3 Å². The van der Waals surface area contributed by atoms with Crippen LogP contribution in [0.2, 0.25) is 0 Å².